The maximum absolute atomic E-state index is 11.9. The third kappa shape index (κ3) is 3.15. The highest BCUT2D eigenvalue weighted by atomic mass is 16.3. The molecule has 0 saturated heterocycles. The van der Waals surface area contributed by atoms with Crippen LogP contribution in [0.25, 0.3) is 16.5 Å². The van der Waals surface area contributed by atoms with Crippen molar-refractivity contribution in [2.45, 2.75) is 13.8 Å². The molecule has 0 radical (unpaired) electrons. The Morgan fingerprint density at radius 3 is 2.70 bits per heavy atom. The van der Waals surface area contributed by atoms with Gasteiger partial charge >= 0.3 is 5.91 Å². The van der Waals surface area contributed by atoms with Crippen molar-refractivity contribution in [3.05, 3.63) is 89.6 Å². The number of nitrogens with one attached hydrogen (secondary N) is 1. The van der Waals surface area contributed by atoms with E-state index < -0.39 is 0 Å². The van der Waals surface area contributed by atoms with Crippen LogP contribution < -0.4 is 5.43 Å². The summed E-state index contributed by atoms with van der Waals surface area (Å²) in [5.41, 5.74) is 6.71. The van der Waals surface area contributed by atoms with Crippen molar-refractivity contribution in [2.24, 2.45) is 5.10 Å². The van der Waals surface area contributed by atoms with Gasteiger partial charge in [0.05, 0.1) is 18.2 Å². The number of amides is 1. The van der Waals surface area contributed by atoms with Crippen LogP contribution in [0.4, 0.5) is 0 Å². The number of rotatable bonds is 4. The molecule has 2 aromatic heterocycles. The van der Waals surface area contributed by atoms with Crippen LogP contribution in [-0.2, 0) is 0 Å². The van der Waals surface area contributed by atoms with E-state index in [1.54, 1.807) is 18.3 Å². The monoisotopic (exact) mass is 357 g/mol. The maximum Gasteiger partial charge on any atom is 0.307 e. The fourth-order valence-electron chi connectivity index (χ4n) is 3.32. The van der Waals surface area contributed by atoms with Gasteiger partial charge in [-0.25, -0.2) is 5.43 Å². The lowest BCUT2D eigenvalue weighted by atomic mass is 10.1. The van der Waals surface area contributed by atoms with Crippen LogP contribution in [0, 0.1) is 13.8 Å². The Kier molecular flexibility index (Phi) is 4.34. The van der Waals surface area contributed by atoms with Gasteiger partial charge in [0.2, 0.25) is 0 Å². The van der Waals surface area contributed by atoms with E-state index in [1.807, 2.05) is 19.1 Å². The molecule has 134 valence electrons. The third-order valence-electron chi connectivity index (χ3n) is 4.59. The number of hydrogen-bond donors (Lipinski definition) is 1. The first-order valence-corrected chi connectivity index (χ1v) is 8.69. The summed E-state index contributed by atoms with van der Waals surface area (Å²) in [6.45, 7) is 4.11. The summed E-state index contributed by atoms with van der Waals surface area (Å²) in [7, 11) is 0. The lowest BCUT2D eigenvalue weighted by Gasteiger charge is -2.12. The standard InChI is InChI=1S/C22H19N3O2/c1-15-13-18(14-23-24-22(26)21-11-6-12-27-21)16(2)25(15)20-10-5-8-17-7-3-4-9-19(17)20/h3-14H,1-2H3,(H,24,26)/b23-14-. The molecule has 0 fully saturated rings. The van der Waals surface area contributed by atoms with Crippen LogP contribution in [0.2, 0.25) is 0 Å². The molecule has 2 aromatic carbocycles. The predicted molar refractivity (Wildman–Crippen MR) is 107 cm³/mol. The van der Waals surface area contributed by atoms with Crippen LogP contribution in [-0.4, -0.2) is 16.7 Å². The zero-order valence-corrected chi connectivity index (χ0v) is 15.1. The van der Waals surface area contributed by atoms with Crippen LogP contribution in [0.3, 0.4) is 0 Å². The van der Waals surface area contributed by atoms with E-state index in [9.17, 15) is 4.79 Å². The van der Waals surface area contributed by atoms with Crippen LogP contribution in [0.5, 0.6) is 0 Å². The van der Waals surface area contributed by atoms with Gasteiger partial charge in [0.25, 0.3) is 0 Å². The van der Waals surface area contributed by atoms with Crippen LogP contribution in [0.1, 0.15) is 27.5 Å². The number of fused-ring (bicyclic) bond motifs is 1. The zero-order valence-electron chi connectivity index (χ0n) is 15.1. The minimum atomic E-state index is -0.376. The first kappa shape index (κ1) is 16.8. The van der Waals surface area contributed by atoms with Crippen LogP contribution in [0.15, 0.2) is 76.4 Å². The van der Waals surface area contributed by atoms with E-state index in [2.05, 4.69) is 58.4 Å². The maximum atomic E-state index is 11.9. The van der Waals surface area contributed by atoms with Crippen molar-refractivity contribution in [2.75, 3.05) is 0 Å². The molecule has 2 heterocycles. The molecule has 1 amide bonds. The fourth-order valence-corrected chi connectivity index (χ4v) is 3.32. The largest absolute Gasteiger partial charge is 0.459 e. The number of aromatic nitrogens is 1. The second kappa shape index (κ2) is 6.96. The highest BCUT2D eigenvalue weighted by molar-refractivity contribution is 5.93. The average Bonchev–Trinajstić information content (AvgIpc) is 3.30. The van der Waals surface area contributed by atoms with E-state index in [0.717, 1.165) is 22.6 Å². The van der Waals surface area contributed by atoms with Gasteiger partial charge in [-0.15, -0.1) is 0 Å². The first-order chi connectivity index (χ1) is 13.1. The van der Waals surface area contributed by atoms with Gasteiger partial charge in [0.15, 0.2) is 5.76 Å². The highest BCUT2D eigenvalue weighted by Gasteiger charge is 2.12. The summed E-state index contributed by atoms with van der Waals surface area (Å²) in [6.07, 6.45) is 3.11. The Labute approximate surface area is 156 Å². The van der Waals surface area contributed by atoms with E-state index in [0.29, 0.717) is 0 Å². The number of benzene rings is 2. The Morgan fingerprint density at radius 2 is 1.89 bits per heavy atom. The second-order valence-corrected chi connectivity index (χ2v) is 6.34. The molecule has 0 unspecified atom stereocenters. The smallest absolute Gasteiger partial charge is 0.307 e. The molecule has 5 heteroatoms. The van der Waals surface area contributed by atoms with Crippen molar-refractivity contribution in [3.8, 4) is 5.69 Å². The number of nitrogens with zero attached hydrogens (tertiary/aromatic N) is 2. The SMILES string of the molecule is Cc1cc(/C=N\NC(=O)c2ccco2)c(C)n1-c1cccc2ccccc12. The van der Waals surface area contributed by atoms with Gasteiger partial charge in [-0.2, -0.15) is 5.10 Å². The number of carbonyl (C=O) groups excluding carboxylic acids is 1. The number of hydrazone groups is 1. The van der Waals surface area contributed by atoms with Gasteiger partial charge in [-0.05, 0) is 43.5 Å². The molecule has 0 spiro atoms. The van der Waals surface area contributed by atoms with E-state index >= 15 is 0 Å². The quantitative estimate of drug-likeness (QED) is 0.428. The number of carbonyl (C=O) groups is 1. The first-order valence-electron chi connectivity index (χ1n) is 8.69. The van der Waals surface area contributed by atoms with Crippen molar-refractivity contribution in [1.82, 2.24) is 9.99 Å². The molecular weight excluding hydrogens is 338 g/mol. The number of aryl methyl sites for hydroxylation is 1. The molecule has 5 nitrogen and oxygen atoms in total. The number of furan rings is 1. The van der Waals surface area contributed by atoms with E-state index in [-0.39, 0.29) is 11.7 Å². The topological polar surface area (TPSA) is 59.5 Å². The zero-order chi connectivity index (χ0) is 18.8. The van der Waals surface area contributed by atoms with Gasteiger partial charge in [0.1, 0.15) is 0 Å². The van der Waals surface area contributed by atoms with Crippen molar-refractivity contribution >= 4 is 22.9 Å². The van der Waals surface area contributed by atoms with Gasteiger partial charge < -0.3 is 8.98 Å². The Hall–Kier alpha value is -3.60. The predicted octanol–water partition coefficient (Wildman–Crippen LogP) is 4.60. The molecule has 0 aliphatic rings. The lowest BCUT2D eigenvalue weighted by Crippen LogP contribution is -2.16. The van der Waals surface area contributed by atoms with Gasteiger partial charge in [-0.3, -0.25) is 4.79 Å². The Bertz CT molecular complexity index is 1130. The van der Waals surface area contributed by atoms with Crippen molar-refractivity contribution in [3.63, 3.8) is 0 Å². The molecular formula is C22H19N3O2. The molecule has 0 bridgehead atoms. The number of hydrogen-bond acceptors (Lipinski definition) is 3. The Morgan fingerprint density at radius 1 is 1.07 bits per heavy atom. The second-order valence-electron chi connectivity index (χ2n) is 6.34. The molecule has 1 N–H and O–H groups in total. The normalized spacial score (nSPS) is 11.3. The van der Waals surface area contributed by atoms with Gasteiger partial charge in [-0.1, -0.05) is 36.4 Å². The minimum Gasteiger partial charge on any atom is -0.459 e. The summed E-state index contributed by atoms with van der Waals surface area (Å²) >= 11 is 0. The summed E-state index contributed by atoms with van der Waals surface area (Å²) < 4.78 is 7.26. The molecule has 0 atom stereocenters. The molecule has 4 aromatic rings. The van der Waals surface area contributed by atoms with E-state index in [1.165, 1.54) is 17.0 Å². The average molecular weight is 357 g/mol. The Balaban J connectivity index is 1.66. The van der Waals surface area contributed by atoms with Crippen molar-refractivity contribution < 1.29 is 9.21 Å². The highest BCUT2D eigenvalue weighted by Crippen LogP contribution is 2.26. The summed E-state index contributed by atoms with van der Waals surface area (Å²) in [6, 6.07) is 19.9. The molecule has 4 rings (SSSR count). The summed E-state index contributed by atoms with van der Waals surface area (Å²) in [5, 5.41) is 6.46. The van der Waals surface area contributed by atoms with E-state index in [4.69, 9.17) is 4.42 Å². The minimum absolute atomic E-state index is 0.230. The fraction of sp³-hybridized carbons (Fsp3) is 0.0909. The molecule has 0 saturated carbocycles. The third-order valence-corrected chi connectivity index (χ3v) is 4.59. The lowest BCUT2D eigenvalue weighted by molar-refractivity contribution is 0.0927. The molecule has 27 heavy (non-hydrogen) atoms. The van der Waals surface area contributed by atoms with Crippen molar-refractivity contribution in [1.29, 1.82) is 0 Å². The summed E-state index contributed by atoms with van der Waals surface area (Å²) in [5.74, 6) is -0.146. The molecule has 0 aliphatic heterocycles. The van der Waals surface area contributed by atoms with Gasteiger partial charge in [0, 0.05) is 22.3 Å². The summed E-state index contributed by atoms with van der Waals surface area (Å²) in [4.78, 5) is 11.9. The molecule has 0 aliphatic carbocycles. The van der Waals surface area contributed by atoms with Crippen LogP contribution >= 0.6 is 0 Å².